The zero-order chi connectivity index (χ0) is 18.0. The Kier molecular flexibility index (Phi) is 4.57. The highest BCUT2D eigenvalue weighted by Gasteiger charge is 2.14. The summed E-state index contributed by atoms with van der Waals surface area (Å²) in [6.07, 6.45) is 1.70. The summed E-state index contributed by atoms with van der Waals surface area (Å²) >= 11 is 0. The minimum Gasteiger partial charge on any atom is -0.378 e. The third-order valence-electron chi connectivity index (χ3n) is 4.13. The fraction of sp³-hybridized carbons (Fsp3) is 0.200. The predicted octanol–water partition coefficient (Wildman–Crippen LogP) is 3.44. The van der Waals surface area contributed by atoms with Crippen LogP contribution in [0.1, 0.15) is 16.2 Å². The lowest BCUT2D eigenvalue weighted by Gasteiger charge is -2.12. The van der Waals surface area contributed by atoms with Crippen LogP contribution in [0.2, 0.25) is 0 Å². The molecule has 0 fully saturated rings. The van der Waals surface area contributed by atoms with Gasteiger partial charge in [-0.1, -0.05) is 12.1 Å². The van der Waals surface area contributed by atoms with Gasteiger partial charge in [0, 0.05) is 45.1 Å². The summed E-state index contributed by atoms with van der Waals surface area (Å²) < 4.78 is 0. The Morgan fingerprint density at radius 2 is 1.36 bits per heavy atom. The number of anilines is 2. The molecule has 0 aliphatic rings. The van der Waals surface area contributed by atoms with E-state index in [1.54, 1.807) is 6.20 Å². The second-order valence-corrected chi connectivity index (χ2v) is 6.36. The van der Waals surface area contributed by atoms with Crippen molar-refractivity contribution in [1.82, 2.24) is 9.97 Å². The zero-order valence-electron chi connectivity index (χ0n) is 14.9. The van der Waals surface area contributed by atoms with Crippen molar-refractivity contribution in [1.29, 1.82) is 0 Å². The van der Waals surface area contributed by atoms with E-state index in [-0.39, 0.29) is 5.78 Å². The van der Waals surface area contributed by atoms with Crippen LogP contribution >= 0.6 is 0 Å². The van der Waals surface area contributed by atoms with E-state index in [0.29, 0.717) is 11.4 Å². The van der Waals surface area contributed by atoms with Gasteiger partial charge in [-0.15, -0.1) is 0 Å². The second kappa shape index (κ2) is 6.81. The molecule has 1 heterocycles. The van der Waals surface area contributed by atoms with Crippen molar-refractivity contribution in [3.8, 4) is 11.3 Å². The molecule has 1 aromatic heterocycles. The van der Waals surface area contributed by atoms with E-state index < -0.39 is 0 Å². The normalized spacial score (nSPS) is 10.6. The third-order valence-corrected chi connectivity index (χ3v) is 4.13. The van der Waals surface area contributed by atoms with Gasteiger partial charge in [0.05, 0.1) is 11.9 Å². The number of nitrogens with one attached hydrogen (secondary N) is 1. The van der Waals surface area contributed by atoms with Gasteiger partial charge in [-0.05, 0) is 42.0 Å². The van der Waals surface area contributed by atoms with Gasteiger partial charge in [0.25, 0.3) is 0 Å². The Hall–Kier alpha value is -3.08. The standard InChI is InChI=1S/C20H22N4O/c1-23(2)16-9-5-14(6-10-16)18-13-21-20(22-18)19(25)15-7-11-17(12-8-15)24(3)4/h5-13H,1-4H3,(H,21,22). The lowest BCUT2D eigenvalue weighted by atomic mass is 10.1. The van der Waals surface area contributed by atoms with Crippen molar-refractivity contribution in [2.75, 3.05) is 38.0 Å². The molecule has 0 aliphatic heterocycles. The number of hydrogen-bond acceptors (Lipinski definition) is 4. The van der Waals surface area contributed by atoms with Crippen LogP contribution in [0, 0.1) is 0 Å². The maximum atomic E-state index is 12.6. The van der Waals surface area contributed by atoms with Gasteiger partial charge in [0.2, 0.25) is 5.78 Å². The van der Waals surface area contributed by atoms with E-state index in [9.17, 15) is 4.79 Å². The first-order chi connectivity index (χ1) is 12.0. The highest BCUT2D eigenvalue weighted by Crippen LogP contribution is 2.22. The monoisotopic (exact) mass is 334 g/mol. The van der Waals surface area contributed by atoms with E-state index in [0.717, 1.165) is 22.6 Å². The average molecular weight is 334 g/mol. The lowest BCUT2D eigenvalue weighted by molar-refractivity contribution is 0.103. The van der Waals surface area contributed by atoms with Gasteiger partial charge in [-0.3, -0.25) is 4.79 Å². The van der Waals surface area contributed by atoms with Crippen LogP contribution in [-0.2, 0) is 0 Å². The lowest BCUT2D eigenvalue weighted by Crippen LogP contribution is -2.09. The molecule has 0 amide bonds. The van der Waals surface area contributed by atoms with Crippen molar-refractivity contribution in [2.24, 2.45) is 0 Å². The van der Waals surface area contributed by atoms with Crippen molar-refractivity contribution in [3.05, 3.63) is 66.1 Å². The van der Waals surface area contributed by atoms with E-state index in [1.807, 2.05) is 86.5 Å². The SMILES string of the molecule is CN(C)c1ccc(C(=O)c2ncc(-c3ccc(N(C)C)cc3)[nH]2)cc1. The summed E-state index contributed by atoms with van der Waals surface area (Å²) in [6, 6.07) is 15.6. The zero-order valence-corrected chi connectivity index (χ0v) is 14.9. The molecule has 0 bridgehead atoms. The Bertz CT molecular complexity index is 861. The number of carbonyl (C=O) groups is 1. The quantitative estimate of drug-likeness (QED) is 0.726. The molecule has 1 N–H and O–H groups in total. The number of nitrogens with zero attached hydrogens (tertiary/aromatic N) is 3. The Balaban J connectivity index is 1.81. The predicted molar refractivity (Wildman–Crippen MR) is 103 cm³/mol. The molecule has 0 spiro atoms. The summed E-state index contributed by atoms with van der Waals surface area (Å²) in [5.41, 5.74) is 4.63. The summed E-state index contributed by atoms with van der Waals surface area (Å²) in [5.74, 6) is 0.241. The van der Waals surface area contributed by atoms with Crippen LogP contribution in [0.25, 0.3) is 11.3 Å². The summed E-state index contributed by atoms with van der Waals surface area (Å²) in [6.45, 7) is 0. The van der Waals surface area contributed by atoms with E-state index in [2.05, 4.69) is 9.97 Å². The second-order valence-electron chi connectivity index (χ2n) is 6.36. The molecule has 128 valence electrons. The molecule has 2 aromatic carbocycles. The van der Waals surface area contributed by atoms with E-state index in [4.69, 9.17) is 0 Å². The van der Waals surface area contributed by atoms with Gasteiger partial charge < -0.3 is 14.8 Å². The topological polar surface area (TPSA) is 52.2 Å². The highest BCUT2D eigenvalue weighted by atomic mass is 16.1. The molecule has 3 rings (SSSR count). The molecule has 0 saturated carbocycles. The smallest absolute Gasteiger partial charge is 0.228 e. The molecule has 0 radical (unpaired) electrons. The Morgan fingerprint density at radius 1 is 0.840 bits per heavy atom. The number of imidazole rings is 1. The molecule has 3 aromatic rings. The molecule has 0 unspecified atom stereocenters. The van der Waals surface area contributed by atoms with Gasteiger partial charge >= 0.3 is 0 Å². The number of rotatable bonds is 5. The van der Waals surface area contributed by atoms with Crippen LogP contribution in [0.4, 0.5) is 11.4 Å². The third kappa shape index (κ3) is 3.55. The molecule has 0 aliphatic carbocycles. The number of carbonyl (C=O) groups excluding carboxylic acids is 1. The first-order valence-electron chi connectivity index (χ1n) is 8.10. The number of benzene rings is 2. The Morgan fingerprint density at radius 3 is 1.88 bits per heavy atom. The van der Waals surface area contributed by atoms with Crippen LogP contribution in [0.15, 0.2) is 54.7 Å². The van der Waals surface area contributed by atoms with E-state index in [1.165, 1.54) is 0 Å². The van der Waals surface area contributed by atoms with Crippen LogP contribution in [-0.4, -0.2) is 43.9 Å². The summed E-state index contributed by atoms with van der Waals surface area (Å²) in [4.78, 5) is 24.0. The van der Waals surface area contributed by atoms with Gasteiger partial charge in [-0.25, -0.2) is 4.98 Å². The molecular formula is C20H22N4O. The minimum atomic E-state index is -0.110. The number of hydrogen-bond donors (Lipinski definition) is 1. The molecule has 5 nitrogen and oxygen atoms in total. The molecular weight excluding hydrogens is 312 g/mol. The molecule has 0 saturated heterocycles. The molecule has 5 heteroatoms. The molecule has 0 atom stereocenters. The number of aromatic amines is 1. The van der Waals surface area contributed by atoms with Gasteiger partial charge in [0.15, 0.2) is 5.82 Å². The largest absolute Gasteiger partial charge is 0.378 e. The Labute approximate surface area is 147 Å². The van der Waals surface area contributed by atoms with Crippen molar-refractivity contribution in [3.63, 3.8) is 0 Å². The first-order valence-corrected chi connectivity index (χ1v) is 8.10. The fourth-order valence-corrected chi connectivity index (χ4v) is 2.57. The van der Waals surface area contributed by atoms with Crippen molar-refractivity contribution < 1.29 is 4.79 Å². The minimum absolute atomic E-state index is 0.110. The van der Waals surface area contributed by atoms with Crippen LogP contribution in [0.3, 0.4) is 0 Å². The first kappa shape index (κ1) is 16.8. The fourth-order valence-electron chi connectivity index (χ4n) is 2.57. The summed E-state index contributed by atoms with van der Waals surface area (Å²) in [7, 11) is 7.95. The molecule has 25 heavy (non-hydrogen) atoms. The maximum absolute atomic E-state index is 12.6. The summed E-state index contributed by atoms with van der Waals surface area (Å²) in [5, 5.41) is 0. The van der Waals surface area contributed by atoms with Gasteiger partial charge in [-0.2, -0.15) is 0 Å². The number of aromatic nitrogens is 2. The maximum Gasteiger partial charge on any atom is 0.228 e. The van der Waals surface area contributed by atoms with Crippen LogP contribution in [0.5, 0.6) is 0 Å². The van der Waals surface area contributed by atoms with Crippen molar-refractivity contribution >= 4 is 17.2 Å². The average Bonchev–Trinajstić information content (AvgIpc) is 3.11. The van der Waals surface area contributed by atoms with Crippen molar-refractivity contribution in [2.45, 2.75) is 0 Å². The highest BCUT2D eigenvalue weighted by molar-refractivity contribution is 6.07. The van der Waals surface area contributed by atoms with Gasteiger partial charge in [0.1, 0.15) is 0 Å². The number of ketones is 1. The van der Waals surface area contributed by atoms with E-state index >= 15 is 0 Å². The van der Waals surface area contributed by atoms with Crippen LogP contribution < -0.4 is 9.80 Å². The number of H-pyrrole nitrogens is 1.